The van der Waals surface area contributed by atoms with E-state index in [9.17, 15) is 0 Å². The Morgan fingerprint density at radius 2 is 1.93 bits per heavy atom. The van der Waals surface area contributed by atoms with Gasteiger partial charge in [-0.3, -0.25) is 0 Å². The lowest BCUT2D eigenvalue weighted by Crippen LogP contribution is -2.36. The molecule has 0 saturated heterocycles. The molecule has 2 N–H and O–H groups in total. The molecule has 1 aromatic carbocycles. The van der Waals surface area contributed by atoms with Gasteiger partial charge in [0.2, 0.25) is 0 Å². The molecule has 1 heterocycles. The standard InChI is InChI=1S/C13H17NO/c14-11-3-4-12-10(9-11)5-8-13(15-12)6-1-2-7-13/h3-4,9H,1-2,5-8,14H2. The smallest absolute Gasteiger partial charge is 0.123 e. The van der Waals surface area contributed by atoms with Crippen LogP contribution in [-0.4, -0.2) is 5.60 Å². The van der Waals surface area contributed by atoms with E-state index < -0.39 is 0 Å². The number of nitrogens with two attached hydrogens (primary N) is 1. The average molecular weight is 203 g/mol. The Hall–Kier alpha value is -1.18. The molecule has 2 aliphatic rings. The van der Waals surface area contributed by atoms with E-state index in [1.807, 2.05) is 12.1 Å². The van der Waals surface area contributed by atoms with E-state index in [4.69, 9.17) is 10.5 Å². The highest BCUT2D eigenvalue weighted by molar-refractivity contribution is 5.49. The van der Waals surface area contributed by atoms with Crippen molar-refractivity contribution in [3.8, 4) is 5.75 Å². The molecular formula is C13H17NO. The third-order valence-corrected chi connectivity index (χ3v) is 3.78. The van der Waals surface area contributed by atoms with Gasteiger partial charge in [-0.1, -0.05) is 0 Å². The third-order valence-electron chi connectivity index (χ3n) is 3.78. The van der Waals surface area contributed by atoms with Crippen LogP contribution in [0.5, 0.6) is 5.75 Å². The summed E-state index contributed by atoms with van der Waals surface area (Å²) >= 11 is 0. The van der Waals surface area contributed by atoms with Crippen LogP contribution in [-0.2, 0) is 6.42 Å². The number of aryl methyl sites for hydroxylation is 1. The van der Waals surface area contributed by atoms with Crippen LogP contribution in [0, 0.1) is 0 Å². The summed E-state index contributed by atoms with van der Waals surface area (Å²) in [5.41, 5.74) is 8.07. The van der Waals surface area contributed by atoms with Crippen molar-refractivity contribution in [1.82, 2.24) is 0 Å². The molecule has 1 aromatic rings. The van der Waals surface area contributed by atoms with E-state index in [0.717, 1.165) is 17.9 Å². The Morgan fingerprint density at radius 1 is 1.13 bits per heavy atom. The first-order valence-electron chi connectivity index (χ1n) is 5.85. The first-order chi connectivity index (χ1) is 7.27. The fraction of sp³-hybridized carbons (Fsp3) is 0.538. The van der Waals surface area contributed by atoms with Gasteiger partial charge in [0, 0.05) is 5.69 Å². The molecule has 0 unspecified atom stereocenters. The Bertz CT molecular complexity index is 380. The van der Waals surface area contributed by atoms with Gasteiger partial charge in [-0.15, -0.1) is 0 Å². The maximum atomic E-state index is 6.18. The van der Waals surface area contributed by atoms with Crippen LogP contribution >= 0.6 is 0 Å². The number of fused-ring (bicyclic) bond motifs is 1. The highest BCUT2D eigenvalue weighted by atomic mass is 16.5. The van der Waals surface area contributed by atoms with E-state index in [-0.39, 0.29) is 5.60 Å². The maximum Gasteiger partial charge on any atom is 0.123 e. The Labute approximate surface area is 90.4 Å². The molecule has 1 spiro atoms. The summed E-state index contributed by atoms with van der Waals surface area (Å²) in [6.45, 7) is 0. The highest BCUT2D eigenvalue weighted by Gasteiger charge is 2.38. The maximum absolute atomic E-state index is 6.18. The lowest BCUT2D eigenvalue weighted by Gasteiger charge is -2.35. The summed E-state index contributed by atoms with van der Waals surface area (Å²) in [7, 11) is 0. The van der Waals surface area contributed by atoms with Crippen molar-refractivity contribution in [3.05, 3.63) is 23.8 Å². The van der Waals surface area contributed by atoms with E-state index in [1.54, 1.807) is 0 Å². The first-order valence-corrected chi connectivity index (χ1v) is 5.85. The summed E-state index contributed by atoms with van der Waals surface area (Å²) in [4.78, 5) is 0. The topological polar surface area (TPSA) is 35.2 Å². The van der Waals surface area contributed by atoms with E-state index >= 15 is 0 Å². The second kappa shape index (κ2) is 3.16. The SMILES string of the molecule is Nc1ccc2c(c1)CCC1(CCCC1)O2. The van der Waals surface area contributed by atoms with Crippen LogP contribution in [0.15, 0.2) is 18.2 Å². The number of ether oxygens (including phenoxy) is 1. The average Bonchev–Trinajstić information content (AvgIpc) is 2.67. The summed E-state index contributed by atoms with van der Waals surface area (Å²) in [5.74, 6) is 1.07. The molecule has 0 bridgehead atoms. The third kappa shape index (κ3) is 1.48. The molecule has 80 valence electrons. The number of rotatable bonds is 0. The molecule has 0 aromatic heterocycles. The summed E-state index contributed by atoms with van der Waals surface area (Å²) in [6.07, 6.45) is 7.41. The molecule has 1 aliphatic carbocycles. The molecule has 15 heavy (non-hydrogen) atoms. The fourth-order valence-corrected chi connectivity index (χ4v) is 2.91. The first kappa shape index (κ1) is 9.08. The molecule has 0 amide bonds. The Kier molecular flexibility index (Phi) is 1.91. The van der Waals surface area contributed by atoms with E-state index in [0.29, 0.717) is 0 Å². The van der Waals surface area contributed by atoms with Crippen molar-refractivity contribution in [2.24, 2.45) is 0 Å². The minimum atomic E-state index is 0.170. The number of nitrogen functional groups attached to an aromatic ring is 1. The van der Waals surface area contributed by atoms with Gasteiger partial charge in [0.1, 0.15) is 11.4 Å². The van der Waals surface area contributed by atoms with Crippen LogP contribution < -0.4 is 10.5 Å². The molecule has 1 aliphatic heterocycles. The molecule has 0 atom stereocenters. The highest BCUT2D eigenvalue weighted by Crippen LogP contribution is 2.43. The van der Waals surface area contributed by atoms with Gasteiger partial charge < -0.3 is 10.5 Å². The zero-order valence-corrected chi connectivity index (χ0v) is 8.96. The van der Waals surface area contributed by atoms with Gasteiger partial charge in [-0.2, -0.15) is 0 Å². The van der Waals surface area contributed by atoms with Crippen molar-refractivity contribution < 1.29 is 4.74 Å². The predicted octanol–water partition coefficient (Wildman–Crippen LogP) is 2.91. The molecular weight excluding hydrogens is 186 g/mol. The summed E-state index contributed by atoms with van der Waals surface area (Å²) < 4.78 is 6.18. The van der Waals surface area contributed by atoms with Crippen LogP contribution in [0.3, 0.4) is 0 Å². The lowest BCUT2D eigenvalue weighted by molar-refractivity contribution is 0.0533. The Morgan fingerprint density at radius 3 is 2.73 bits per heavy atom. The zero-order valence-electron chi connectivity index (χ0n) is 8.96. The monoisotopic (exact) mass is 203 g/mol. The van der Waals surface area contributed by atoms with Crippen molar-refractivity contribution >= 4 is 5.69 Å². The van der Waals surface area contributed by atoms with Gasteiger partial charge in [-0.25, -0.2) is 0 Å². The van der Waals surface area contributed by atoms with Gasteiger partial charge in [-0.05, 0) is 62.3 Å². The van der Waals surface area contributed by atoms with Crippen molar-refractivity contribution in [1.29, 1.82) is 0 Å². The lowest BCUT2D eigenvalue weighted by atomic mass is 9.89. The quantitative estimate of drug-likeness (QED) is 0.658. The largest absolute Gasteiger partial charge is 0.487 e. The van der Waals surface area contributed by atoms with E-state index in [1.165, 1.54) is 37.7 Å². The molecule has 1 saturated carbocycles. The number of benzene rings is 1. The second-order valence-electron chi connectivity index (χ2n) is 4.86. The summed E-state index contributed by atoms with van der Waals surface area (Å²) in [6, 6.07) is 6.02. The van der Waals surface area contributed by atoms with E-state index in [2.05, 4.69) is 6.07 Å². The molecule has 3 rings (SSSR count). The van der Waals surface area contributed by atoms with Crippen LogP contribution in [0.4, 0.5) is 5.69 Å². The van der Waals surface area contributed by atoms with Crippen LogP contribution in [0.2, 0.25) is 0 Å². The van der Waals surface area contributed by atoms with Crippen molar-refractivity contribution in [2.45, 2.75) is 44.1 Å². The zero-order chi connectivity index (χ0) is 10.3. The molecule has 2 heteroatoms. The number of anilines is 1. The van der Waals surface area contributed by atoms with Crippen molar-refractivity contribution in [3.63, 3.8) is 0 Å². The van der Waals surface area contributed by atoms with Gasteiger partial charge in [0.15, 0.2) is 0 Å². The molecule has 2 nitrogen and oxygen atoms in total. The predicted molar refractivity (Wildman–Crippen MR) is 61.0 cm³/mol. The Balaban J connectivity index is 1.93. The van der Waals surface area contributed by atoms with Crippen LogP contribution in [0.25, 0.3) is 0 Å². The number of hydrogen-bond donors (Lipinski definition) is 1. The van der Waals surface area contributed by atoms with Gasteiger partial charge in [0.25, 0.3) is 0 Å². The molecule has 1 fully saturated rings. The molecule has 0 radical (unpaired) electrons. The minimum absolute atomic E-state index is 0.170. The normalized spacial score (nSPS) is 22.4. The summed E-state index contributed by atoms with van der Waals surface area (Å²) in [5, 5.41) is 0. The van der Waals surface area contributed by atoms with Crippen molar-refractivity contribution in [2.75, 3.05) is 5.73 Å². The number of hydrogen-bond acceptors (Lipinski definition) is 2. The fourth-order valence-electron chi connectivity index (χ4n) is 2.91. The second-order valence-corrected chi connectivity index (χ2v) is 4.86. The van der Waals surface area contributed by atoms with Gasteiger partial charge in [0.05, 0.1) is 0 Å². The minimum Gasteiger partial charge on any atom is -0.487 e. The van der Waals surface area contributed by atoms with Gasteiger partial charge >= 0.3 is 0 Å². The van der Waals surface area contributed by atoms with Crippen LogP contribution in [0.1, 0.15) is 37.7 Å².